The molecule has 1 aromatic heterocycles. The lowest BCUT2D eigenvalue weighted by molar-refractivity contribution is -0.123. The van der Waals surface area contributed by atoms with E-state index in [0.29, 0.717) is 12.3 Å². The molecule has 19 heavy (non-hydrogen) atoms. The third-order valence-electron chi connectivity index (χ3n) is 4.84. The van der Waals surface area contributed by atoms with Gasteiger partial charge < -0.3 is 5.32 Å². The molecular weight excluding hydrogens is 236 g/mol. The van der Waals surface area contributed by atoms with Gasteiger partial charge in [-0.1, -0.05) is 12.5 Å². The van der Waals surface area contributed by atoms with E-state index in [1.165, 1.54) is 25.7 Å². The van der Waals surface area contributed by atoms with Gasteiger partial charge in [0, 0.05) is 12.6 Å². The lowest BCUT2D eigenvalue weighted by Gasteiger charge is -2.22. The molecule has 2 fully saturated rings. The summed E-state index contributed by atoms with van der Waals surface area (Å²) in [4.78, 5) is 16.4. The molecule has 0 spiro atoms. The van der Waals surface area contributed by atoms with Crippen LogP contribution in [0, 0.1) is 17.8 Å². The topological polar surface area (TPSA) is 42.0 Å². The molecule has 2 saturated carbocycles. The molecule has 102 valence electrons. The van der Waals surface area contributed by atoms with Crippen molar-refractivity contribution in [1.29, 1.82) is 0 Å². The summed E-state index contributed by atoms with van der Waals surface area (Å²) in [6.07, 6.45) is 7.86. The van der Waals surface area contributed by atoms with Gasteiger partial charge in [0.1, 0.15) is 0 Å². The number of amides is 1. The smallest absolute Gasteiger partial charge is 0.220 e. The van der Waals surface area contributed by atoms with Crippen molar-refractivity contribution in [1.82, 2.24) is 10.3 Å². The Morgan fingerprint density at radius 3 is 2.95 bits per heavy atom. The average molecular weight is 258 g/mol. The maximum absolute atomic E-state index is 12.1. The van der Waals surface area contributed by atoms with Crippen LogP contribution in [0.5, 0.6) is 0 Å². The van der Waals surface area contributed by atoms with Crippen molar-refractivity contribution in [2.45, 2.75) is 45.1 Å². The predicted molar refractivity (Wildman–Crippen MR) is 74.3 cm³/mol. The largest absolute Gasteiger partial charge is 0.348 e. The molecule has 2 aliphatic rings. The van der Waals surface area contributed by atoms with Crippen molar-refractivity contribution in [3.8, 4) is 0 Å². The molecule has 3 heteroatoms. The Balaban J connectivity index is 1.51. The van der Waals surface area contributed by atoms with Crippen LogP contribution in [-0.2, 0) is 4.79 Å². The first-order valence-electron chi connectivity index (χ1n) is 7.42. The Kier molecular flexibility index (Phi) is 3.54. The summed E-state index contributed by atoms with van der Waals surface area (Å²) >= 11 is 0. The van der Waals surface area contributed by atoms with Gasteiger partial charge in [-0.3, -0.25) is 9.78 Å². The number of rotatable bonds is 4. The van der Waals surface area contributed by atoms with Gasteiger partial charge in [0.05, 0.1) is 11.7 Å². The second-order valence-electron chi connectivity index (χ2n) is 6.18. The highest BCUT2D eigenvalue weighted by molar-refractivity contribution is 5.76. The molecule has 3 rings (SSSR count). The lowest BCUT2D eigenvalue weighted by atomic mass is 9.86. The van der Waals surface area contributed by atoms with Crippen LogP contribution in [-0.4, -0.2) is 10.9 Å². The molecule has 2 aliphatic carbocycles. The summed E-state index contributed by atoms with van der Waals surface area (Å²) in [6.45, 7) is 2.00. The van der Waals surface area contributed by atoms with E-state index < -0.39 is 0 Å². The van der Waals surface area contributed by atoms with E-state index in [9.17, 15) is 4.79 Å². The van der Waals surface area contributed by atoms with E-state index in [1.807, 2.05) is 25.1 Å². The number of hydrogen-bond donors (Lipinski definition) is 1. The molecular formula is C16H22N2O. The Bertz CT molecular complexity index is 445. The zero-order chi connectivity index (χ0) is 13.2. The molecule has 0 aliphatic heterocycles. The summed E-state index contributed by atoms with van der Waals surface area (Å²) in [6, 6.07) is 5.82. The van der Waals surface area contributed by atoms with Gasteiger partial charge in [0.25, 0.3) is 0 Å². The molecule has 0 radical (unpaired) electrons. The fourth-order valence-electron chi connectivity index (χ4n) is 3.87. The van der Waals surface area contributed by atoms with Crippen molar-refractivity contribution < 1.29 is 4.79 Å². The molecule has 0 saturated heterocycles. The Labute approximate surface area is 114 Å². The number of nitrogens with one attached hydrogen (secondary N) is 1. The monoisotopic (exact) mass is 258 g/mol. The van der Waals surface area contributed by atoms with E-state index in [4.69, 9.17) is 0 Å². The van der Waals surface area contributed by atoms with Gasteiger partial charge in [-0.25, -0.2) is 0 Å². The van der Waals surface area contributed by atoms with Crippen LogP contribution in [0.1, 0.15) is 50.8 Å². The van der Waals surface area contributed by atoms with Crippen LogP contribution in [0.15, 0.2) is 24.4 Å². The zero-order valence-corrected chi connectivity index (χ0v) is 11.5. The van der Waals surface area contributed by atoms with E-state index in [1.54, 1.807) is 6.20 Å². The van der Waals surface area contributed by atoms with Gasteiger partial charge in [-0.15, -0.1) is 0 Å². The quantitative estimate of drug-likeness (QED) is 0.901. The standard InChI is InChI=1S/C16H22N2O/c1-11(15-4-2-3-7-17-15)18-16(19)10-14-9-12-5-6-13(14)8-12/h2-4,7,11-14H,5-6,8-10H2,1H3,(H,18,19)/t11-,12-,13-,14+/m0/s1. The summed E-state index contributed by atoms with van der Waals surface area (Å²) in [5.41, 5.74) is 0.934. The molecule has 3 nitrogen and oxygen atoms in total. The molecule has 4 atom stereocenters. The molecule has 0 aromatic carbocycles. The maximum Gasteiger partial charge on any atom is 0.220 e. The summed E-state index contributed by atoms with van der Waals surface area (Å²) in [7, 11) is 0. The Hall–Kier alpha value is -1.38. The fourth-order valence-corrected chi connectivity index (χ4v) is 3.87. The van der Waals surface area contributed by atoms with Crippen molar-refractivity contribution in [3.63, 3.8) is 0 Å². The minimum absolute atomic E-state index is 0.00675. The van der Waals surface area contributed by atoms with E-state index in [2.05, 4.69) is 10.3 Å². The Morgan fingerprint density at radius 1 is 1.42 bits per heavy atom. The van der Waals surface area contributed by atoms with E-state index >= 15 is 0 Å². The third-order valence-corrected chi connectivity index (χ3v) is 4.84. The van der Waals surface area contributed by atoms with Gasteiger partial charge in [0.15, 0.2) is 0 Å². The average Bonchev–Trinajstić information content (AvgIpc) is 3.02. The van der Waals surface area contributed by atoms with Gasteiger partial charge in [-0.2, -0.15) is 0 Å². The molecule has 0 unspecified atom stereocenters. The van der Waals surface area contributed by atoms with Crippen LogP contribution in [0.4, 0.5) is 0 Å². The highest BCUT2D eigenvalue weighted by Crippen LogP contribution is 2.49. The normalized spacial score (nSPS) is 30.3. The first-order valence-corrected chi connectivity index (χ1v) is 7.42. The maximum atomic E-state index is 12.1. The minimum atomic E-state index is 0.00675. The number of fused-ring (bicyclic) bond motifs is 2. The summed E-state index contributed by atoms with van der Waals surface area (Å²) in [5, 5.41) is 3.08. The third kappa shape index (κ3) is 2.80. The molecule has 1 heterocycles. The number of hydrogen-bond acceptors (Lipinski definition) is 2. The van der Waals surface area contributed by atoms with Crippen LogP contribution < -0.4 is 5.32 Å². The zero-order valence-electron chi connectivity index (χ0n) is 11.5. The summed E-state index contributed by atoms with van der Waals surface area (Å²) < 4.78 is 0. The van der Waals surface area contributed by atoms with Crippen LogP contribution in [0.25, 0.3) is 0 Å². The van der Waals surface area contributed by atoms with Crippen molar-refractivity contribution in [2.75, 3.05) is 0 Å². The van der Waals surface area contributed by atoms with Crippen molar-refractivity contribution >= 4 is 5.91 Å². The first-order chi connectivity index (χ1) is 9.22. The fraction of sp³-hybridized carbons (Fsp3) is 0.625. The minimum Gasteiger partial charge on any atom is -0.348 e. The Morgan fingerprint density at radius 2 is 2.32 bits per heavy atom. The van der Waals surface area contributed by atoms with Crippen molar-refractivity contribution in [3.05, 3.63) is 30.1 Å². The summed E-state index contributed by atoms with van der Waals surface area (Å²) in [5.74, 6) is 2.56. The number of aromatic nitrogens is 1. The first kappa shape index (κ1) is 12.6. The second-order valence-corrected chi connectivity index (χ2v) is 6.18. The van der Waals surface area contributed by atoms with E-state index in [-0.39, 0.29) is 11.9 Å². The van der Waals surface area contributed by atoms with Gasteiger partial charge in [-0.05, 0) is 56.1 Å². The number of nitrogens with zero attached hydrogens (tertiary/aromatic N) is 1. The SMILES string of the molecule is C[C@H](NC(=O)C[C@H]1C[C@H]2CC[C@H]1C2)c1ccccn1. The van der Waals surface area contributed by atoms with Crippen molar-refractivity contribution in [2.24, 2.45) is 17.8 Å². The lowest BCUT2D eigenvalue weighted by Crippen LogP contribution is -2.30. The number of carbonyl (C=O) groups is 1. The highest BCUT2D eigenvalue weighted by Gasteiger charge is 2.40. The number of pyridine rings is 1. The van der Waals surface area contributed by atoms with E-state index in [0.717, 1.165) is 17.5 Å². The van der Waals surface area contributed by atoms with Gasteiger partial charge >= 0.3 is 0 Å². The number of carbonyl (C=O) groups excluding carboxylic acids is 1. The second kappa shape index (κ2) is 5.32. The molecule has 1 aromatic rings. The molecule has 1 N–H and O–H groups in total. The predicted octanol–water partition coefficient (Wildman–Crippen LogP) is 3.09. The molecule has 2 bridgehead atoms. The highest BCUT2D eigenvalue weighted by atomic mass is 16.1. The molecule has 1 amide bonds. The van der Waals surface area contributed by atoms with Crippen LogP contribution in [0.2, 0.25) is 0 Å². The van der Waals surface area contributed by atoms with Crippen LogP contribution >= 0.6 is 0 Å². The van der Waals surface area contributed by atoms with Gasteiger partial charge in [0.2, 0.25) is 5.91 Å². The van der Waals surface area contributed by atoms with Crippen LogP contribution in [0.3, 0.4) is 0 Å².